The van der Waals surface area contributed by atoms with Gasteiger partial charge in [-0.2, -0.15) is 0 Å². The molecule has 0 aliphatic carbocycles. The maximum absolute atomic E-state index is 10.8. The molecule has 2 atom stereocenters. The van der Waals surface area contributed by atoms with Crippen LogP contribution in [-0.4, -0.2) is 24.1 Å². The molecule has 1 saturated heterocycles. The second-order valence-electron chi connectivity index (χ2n) is 3.63. The molecule has 1 rings (SSSR count). The lowest BCUT2D eigenvalue weighted by atomic mass is 10.0. The van der Waals surface area contributed by atoms with Gasteiger partial charge in [0.15, 0.2) is 11.9 Å². The standard InChI is InChI=1S/C10H14O4/c1-6(2)9-8(5-4-7(3)11)13-10(12)14-9/h4-6,8-9H,1-3H3/b5-4+/t8-,9-/m1/s1. The summed E-state index contributed by atoms with van der Waals surface area (Å²) in [6.45, 7) is 5.31. The number of carbonyl (C=O) groups excluding carboxylic acids is 2. The molecule has 78 valence electrons. The Morgan fingerprint density at radius 1 is 1.43 bits per heavy atom. The molecule has 0 bridgehead atoms. The second-order valence-corrected chi connectivity index (χ2v) is 3.63. The number of ketones is 1. The van der Waals surface area contributed by atoms with Crippen LogP contribution in [0.4, 0.5) is 4.79 Å². The van der Waals surface area contributed by atoms with Crippen LogP contribution in [0.3, 0.4) is 0 Å². The molecule has 14 heavy (non-hydrogen) atoms. The Hall–Kier alpha value is -1.32. The molecule has 0 spiro atoms. The van der Waals surface area contributed by atoms with Crippen LogP contribution < -0.4 is 0 Å². The predicted molar refractivity (Wildman–Crippen MR) is 49.8 cm³/mol. The van der Waals surface area contributed by atoms with Crippen molar-refractivity contribution in [2.24, 2.45) is 5.92 Å². The minimum atomic E-state index is -0.665. The van der Waals surface area contributed by atoms with E-state index in [1.165, 1.54) is 13.0 Å². The molecule has 0 N–H and O–H groups in total. The van der Waals surface area contributed by atoms with Crippen molar-refractivity contribution in [1.82, 2.24) is 0 Å². The minimum absolute atomic E-state index is 0.0737. The summed E-state index contributed by atoms with van der Waals surface area (Å²) in [6.07, 6.45) is 1.56. The van der Waals surface area contributed by atoms with Gasteiger partial charge in [0, 0.05) is 0 Å². The molecule has 0 unspecified atom stereocenters. The lowest BCUT2D eigenvalue weighted by Crippen LogP contribution is -2.26. The average Bonchev–Trinajstić information content (AvgIpc) is 2.43. The van der Waals surface area contributed by atoms with Crippen LogP contribution in [0.2, 0.25) is 0 Å². The maximum Gasteiger partial charge on any atom is 0.509 e. The van der Waals surface area contributed by atoms with Crippen molar-refractivity contribution < 1.29 is 19.1 Å². The fraction of sp³-hybridized carbons (Fsp3) is 0.600. The molecule has 0 amide bonds. The van der Waals surface area contributed by atoms with Crippen molar-refractivity contribution in [3.8, 4) is 0 Å². The molecule has 1 aliphatic heterocycles. The summed E-state index contributed by atoms with van der Waals surface area (Å²) in [7, 11) is 0. The Labute approximate surface area is 82.9 Å². The van der Waals surface area contributed by atoms with Gasteiger partial charge in [0.2, 0.25) is 0 Å². The summed E-state index contributed by atoms with van der Waals surface area (Å²) in [5, 5.41) is 0. The van der Waals surface area contributed by atoms with E-state index in [0.29, 0.717) is 0 Å². The molecule has 1 fully saturated rings. The third-order valence-electron chi connectivity index (χ3n) is 1.97. The Morgan fingerprint density at radius 2 is 2.07 bits per heavy atom. The highest BCUT2D eigenvalue weighted by Crippen LogP contribution is 2.22. The molecular formula is C10H14O4. The van der Waals surface area contributed by atoms with Crippen LogP contribution in [0.25, 0.3) is 0 Å². The van der Waals surface area contributed by atoms with Gasteiger partial charge in [-0.05, 0) is 25.0 Å². The maximum atomic E-state index is 10.8. The molecule has 1 heterocycles. The van der Waals surface area contributed by atoms with Crippen molar-refractivity contribution >= 4 is 11.9 Å². The smallest absolute Gasteiger partial charge is 0.426 e. The van der Waals surface area contributed by atoms with Crippen molar-refractivity contribution in [3.63, 3.8) is 0 Å². The monoisotopic (exact) mass is 198 g/mol. The van der Waals surface area contributed by atoms with Crippen LogP contribution in [0.1, 0.15) is 20.8 Å². The molecule has 0 aromatic carbocycles. The van der Waals surface area contributed by atoms with E-state index in [0.717, 1.165) is 0 Å². The van der Waals surface area contributed by atoms with Crippen molar-refractivity contribution in [2.45, 2.75) is 33.0 Å². The third kappa shape index (κ3) is 2.58. The Balaban J connectivity index is 2.66. The molecular weight excluding hydrogens is 184 g/mol. The summed E-state index contributed by atoms with van der Waals surface area (Å²) in [5.74, 6) is 0.0958. The van der Waals surface area contributed by atoms with Gasteiger partial charge >= 0.3 is 6.16 Å². The largest absolute Gasteiger partial charge is 0.509 e. The topological polar surface area (TPSA) is 52.6 Å². The highest BCUT2D eigenvalue weighted by atomic mass is 16.8. The number of carbonyl (C=O) groups is 2. The zero-order valence-electron chi connectivity index (χ0n) is 8.52. The van der Waals surface area contributed by atoms with Crippen molar-refractivity contribution in [1.29, 1.82) is 0 Å². The van der Waals surface area contributed by atoms with E-state index in [-0.39, 0.29) is 17.8 Å². The fourth-order valence-corrected chi connectivity index (χ4v) is 1.28. The van der Waals surface area contributed by atoms with Crippen LogP contribution in [0, 0.1) is 5.92 Å². The van der Waals surface area contributed by atoms with Gasteiger partial charge in [0.1, 0.15) is 6.10 Å². The van der Waals surface area contributed by atoms with Gasteiger partial charge in [-0.15, -0.1) is 0 Å². The van der Waals surface area contributed by atoms with Gasteiger partial charge in [0.05, 0.1) is 0 Å². The highest BCUT2D eigenvalue weighted by molar-refractivity contribution is 5.87. The summed E-state index contributed by atoms with van der Waals surface area (Å²) >= 11 is 0. The first-order valence-electron chi connectivity index (χ1n) is 4.56. The molecule has 4 nitrogen and oxygen atoms in total. The molecule has 0 aromatic heterocycles. The average molecular weight is 198 g/mol. The third-order valence-corrected chi connectivity index (χ3v) is 1.97. The van der Waals surface area contributed by atoms with Crippen molar-refractivity contribution in [2.75, 3.05) is 0 Å². The zero-order chi connectivity index (χ0) is 10.7. The zero-order valence-corrected chi connectivity index (χ0v) is 8.52. The molecule has 1 aliphatic rings. The highest BCUT2D eigenvalue weighted by Gasteiger charge is 2.36. The van der Waals surface area contributed by atoms with Crippen LogP contribution >= 0.6 is 0 Å². The van der Waals surface area contributed by atoms with E-state index in [4.69, 9.17) is 9.47 Å². The van der Waals surface area contributed by atoms with Gasteiger partial charge in [-0.3, -0.25) is 4.79 Å². The summed E-state index contributed by atoms with van der Waals surface area (Å²) in [4.78, 5) is 21.5. The van der Waals surface area contributed by atoms with Gasteiger partial charge < -0.3 is 9.47 Å². The number of hydrogen-bond acceptors (Lipinski definition) is 4. The van der Waals surface area contributed by atoms with E-state index in [1.54, 1.807) is 6.08 Å². The number of ether oxygens (including phenoxy) is 2. The summed E-state index contributed by atoms with van der Waals surface area (Å²) in [5.41, 5.74) is 0. The van der Waals surface area contributed by atoms with Gasteiger partial charge in [-0.25, -0.2) is 4.79 Å². The number of allylic oxidation sites excluding steroid dienone is 1. The van der Waals surface area contributed by atoms with E-state index in [2.05, 4.69) is 0 Å². The Kier molecular flexibility index (Phi) is 3.28. The Bertz CT molecular complexity index is 267. The summed E-state index contributed by atoms with van der Waals surface area (Å²) < 4.78 is 9.83. The van der Waals surface area contributed by atoms with Crippen LogP contribution in [0.5, 0.6) is 0 Å². The molecule has 0 radical (unpaired) electrons. The lowest BCUT2D eigenvalue weighted by Gasteiger charge is -2.14. The first-order valence-corrected chi connectivity index (χ1v) is 4.56. The van der Waals surface area contributed by atoms with E-state index >= 15 is 0 Å². The predicted octanol–water partition coefficient (Wildman–Crippen LogP) is 1.69. The van der Waals surface area contributed by atoms with Gasteiger partial charge in [0.25, 0.3) is 0 Å². The summed E-state index contributed by atoms with van der Waals surface area (Å²) in [6, 6.07) is 0. The second kappa shape index (κ2) is 4.26. The molecule has 0 saturated carbocycles. The fourth-order valence-electron chi connectivity index (χ4n) is 1.28. The van der Waals surface area contributed by atoms with E-state index < -0.39 is 12.3 Å². The Morgan fingerprint density at radius 3 is 2.57 bits per heavy atom. The normalized spacial score (nSPS) is 26.7. The van der Waals surface area contributed by atoms with E-state index in [9.17, 15) is 9.59 Å². The number of hydrogen-bond donors (Lipinski definition) is 0. The SMILES string of the molecule is CC(=O)/C=C/[C@H]1OC(=O)O[C@@H]1C(C)C. The van der Waals surface area contributed by atoms with Crippen molar-refractivity contribution in [3.05, 3.63) is 12.2 Å². The number of rotatable bonds is 3. The van der Waals surface area contributed by atoms with E-state index in [1.807, 2.05) is 13.8 Å². The molecule has 4 heteroatoms. The number of cyclic esters (lactones) is 2. The quantitative estimate of drug-likeness (QED) is 0.511. The lowest BCUT2D eigenvalue weighted by molar-refractivity contribution is -0.112. The molecule has 0 aromatic rings. The first kappa shape index (κ1) is 10.8. The van der Waals surface area contributed by atoms with Crippen LogP contribution in [-0.2, 0) is 14.3 Å². The van der Waals surface area contributed by atoms with Gasteiger partial charge in [-0.1, -0.05) is 13.8 Å². The first-order chi connectivity index (χ1) is 6.50. The van der Waals surface area contributed by atoms with Crippen LogP contribution in [0.15, 0.2) is 12.2 Å². The minimum Gasteiger partial charge on any atom is -0.426 e.